The molecule has 2 N–H and O–H groups in total. The fourth-order valence-corrected chi connectivity index (χ4v) is 1.41. The lowest BCUT2D eigenvalue weighted by molar-refractivity contribution is 0.0444. The Bertz CT molecular complexity index is 116. The normalized spacial score (nSPS) is 13.5. The molecule has 1 unspecified atom stereocenters. The van der Waals surface area contributed by atoms with Crippen LogP contribution in [0.2, 0.25) is 0 Å². The quantitative estimate of drug-likeness (QED) is 0.615. The Labute approximate surface area is 88.6 Å². The van der Waals surface area contributed by atoms with Gasteiger partial charge in [-0.1, -0.05) is 13.8 Å². The van der Waals surface area contributed by atoms with Crippen molar-refractivity contribution in [2.24, 2.45) is 5.73 Å². The van der Waals surface area contributed by atoms with E-state index in [9.17, 15) is 0 Å². The largest absolute Gasteiger partial charge is 0.377 e. The van der Waals surface area contributed by atoms with Crippen LogP contribution in [0.5, 0.6) is 0 Å². The van der Waals surface area contributed by atoms with Gasteiger partial charge in [0.2, 0.25) is 0 Å². The van der Waals surface area contributed by atoms with Gasteiger partial charge in [0.15, 0.2) is 0 Å². The molecule has 0 aromatic heterocycles. The third kappa shape index (κ3) is 7.30. The Morgan fingerprint density at radius 1 is 1.29 bits per heavy atom. The minimum atomic E-state index is 0.356. The molecule has 0 saturated carbocycles. The first-order chi connectivity index (χ1) is 6.74. The van der Waals surface area contributed by atoms with Gasteiger partial charge in [0.05, 0.1) is 12.7 Å². The lowest BCUT2D eigenvalue weighted by Crippen LogP contribution is -2.28. The number of likely N-dealkylation sites (N-methyl/N-ethyl adjacent to an activating group) is 1. The SMILES string of the molecule is CCN(CC)CCOC(C)CCCN. The highest BCUT2D eigenvalue weighted by Crippen LogP contribution is 2.00. The Morgan fingerprint density at radius 3 is 2.43 bits per heavy atom. The number of hydrogen-bond donors (Lipinski definition) is 1. The summed E-state index contributed by atoms with van der Waals surface area (Å²) in [6.07, 6.45) is 2.50. The smallest absolute Gasteiger partial charge is 0.0597 e. The molecule has 0 saturated heterocycles. The molecule has 14 heavy (non-hydrogen) atoms. The fraction of sp³-hybridized carbons (Fsp3) is 1.00. The maximum Gasteiger partial charge on any atom is 0.0597 e. The van der Waals surface area contributed by atoms with Crippen molar-refractivity contribution in [1.29, 1.82) is 0 Å². The van der Waals surface area contributed by atoms with Gasteiger partial charge in [-0.05, 0) is 39.4 Å². The van der Waals surface area contributed by atoms with Crippen LogP contribution in [0, 0.1) is 0 Å². The van der Waals surface area contributed by atoms with Gasteiger partial charge < -0.3 is 15.4 Å². The summed E-state index contributed by atoms with van der Waals surface area (Å²) in [5.74, 6) is 0. The predicted molar refractivity (Wildman–Crippen MR) is 61.5 cm³/mol. The van der Waals surface area contributed by atoms with Crippen molar-refractivity contribution >= 4 is 0 Å². The van der Waals surface area contributed by atoms with Gasteiger partial charge in [-0.25, -0.2) is 0 Å². The molecule has 3 nitrogen and oxygen atoms in total. The number of rotatable bonds is 9. The molecule has 0 radical (unpaired) electrons. The van der Waals surface area contributed by atoms with Crippen molar-refractivity contribution in [1.82, 2.24) is 4.90 Å². The maximum absolute atomic E-state index is 5.68. The zero-order valence-electron chi connectivity index (χ0n) is 9.96. The first kappa shape index (κ1) is 13.9. The van der Waals surface area contributed by atoms with Crippen LogP contribution < -0.4 is 5.73 Å². The summed E-state index contributed by atoms with van der Waals surface area (Å²) in [6.45, 7) is 11.4. The summed E-state index contributed by atoms with van der Waals surface area (Å²) < 4.78 is 5.68. The molecule has 0 aliphatic rings. The molecule has 0 heterocycles. The zero-order chi connectivity index (χ0) is 10.8. The van der Waals surface area contributed by atoms with E-state index in [2.05, 4.69) is 25.7 Å². The standard InChI is InChI=1S/C11H26N2O/c1-4-13(5-2)9-10-14-11(3)7-6-8-12/h11H,4-10,12H2,1-3H3. The molecule has 3 heteroatoms. The van der Waals surface area contributed by atoms with Crippen LogP contribution in [0.1, 0.15) is 33.6 Å². The van der Waals surface area contributed by atoms with Crippen LogP contribution in [-0.2, 0) is 4.74 Å². The topological polar surface area (TPSA) is 38.5 Å². The van der Waals surface area contributed by atoms with Gasteiger partial charge >= 0.3 is 0 Å². The fourth-order valence-electron chi connectivity index (χ4n) is 1.41. The number of nitrogens with two attached hydrogens (primary N) is 1. The molecule has 0 aromatic carbocycles. The monoisotopic (exact) mass is 202 g/mol. The minimum Gasteiger partial charge on any atom is -0.377 e. The van der Waals surface area contributed by atoms with E-state index in [1.807, 2.05) is 0 Å². The van der Waals surface area contributed by atoms with E-state index >= 15 is 0 Å². The average Bonchev–Trinajstić information content (AvgIpc) is 2.21. The number of nitrogens with zero attached hydrogens (tertiary/aromatic N) is 1. The first-order valence-electron chi connectivity index (χ1n) is 5.78. The van der Waals surface area contributed by atoms with E-state index < -0.39 is 0 Å². The Kier molecular flexibility index (Phi) is 9.35. The summed E-state index contributed by atoms with van der Waals surface area (Å²) in [4.78, 5) is 2.37. The van der Waals surface area contributed by atoms with Gasteiger partial charge in [0, 0.05) is 6.54 Å². The summed E-state index contributed by atoms with van der Waals surface area (Å²) in [5.41, 5.74) is 5.43. The van der Waals surface area contributed by atoms with Gasteiger partial charge in [-0.15, -0.1) is 0 Å². The maximum atomic E-state index is 5.68. The van der Waals surface area contributed by atoms with Gasteiger partial charge in [0.25, 0.3) is 0 Å². The summed E-state index contributed by atoms with van der Waals surface area (Å²) >= 11 is 0. The molecule has 0 aliphatic carbocycles. The van der Waals surface area contributed by atoms with E-state index in [0.29, 0.717) is 6.10 Å². The van der Waals surface area contributed by atoms with Crippen molar-refractivity contribution in [3.63, 3.8) is 0 Å². The molecule has 0 rings (SSSR count). The second-order valence-corrected chi connectivity index (χ2v) is 3.64. The molecule has 0 aromatic rings. The lowest BCUT2D eigenvalue weighted by Gasteiger charge is -2.19. The molecular weight excluding hydrogens is 176 g/mol. The Hall–Kier alpha value is -0.120. The summed E-state index contributed by atoms with van der Waals surface area (Å²) in [7, 11) is 0. The third-order valence-electron chi connectivity index (χ3n) is 2.52. The lowest BCUT2D eigenvalue weighted by atomic mass is 10.2. The third-order valence-corrected chi connectivity index (χ3v) is 2.52. The van der Waals surface area contributed by atoms with Crippen molar-refractivity contribution in [2.45, 2.75) is 39.7 Å². The van der Waals surface area contributed by atoms with E-state index in [0.717, 1.165) is 45.6 Å². The van der Waals surface area contributed by atoms with Crippen molar-refractivity contribution in [3.05, 3.63) is 0 Å². The predicted octanol–water partition coefficient (Wildman–Crippen LogP) is 1.47. The molecule has 0 amide bonds. The van der Waals surface area contributed by atoms with Crippen LogP contribution in [0.25, 0.3) is 0 Å². The highest BCUT2D eigenvalue weighted by atomic mass is 16.5. The Morgan fingerprint density at radius 2 is 1.93 bits per heavy atom. The molecule has 86 valence electrons. The first-order valence-corrected chi connectivity index (χ1v) is 5.78. The van der Waals surface area contributed by atoms with Gasteiger partial charge in [-0.3, -0.25) is 0 Å². The van der Waals surface area contributed by atoms with Crippen molar-refractivity contribution in [2.75, 3.05) is 32.8 Å². The van der Waals surface area contributed by atoms with Crippen LogP contribution in [0.4, 0.5) is 0 Å². The minimum absolute atomic E-state index is 0.356. The van der Waals surface area contributed by atoms with Gasteiger partial charge in [0.1, 0.15) is 0 Å². The van der Waals surface area contributed by atoms with Crippen molar-refractivity contribution < 1.29 is 4.74 Å². The number of hydrogen-bond acceptors (Lipinski definition) is 3. The van der Waals surface area contributed by atoms with Crippen LogP contribution >= 0.6 is 0 Å². The second kappa shape index (κ2) is 9.44. The van der Waals surface area contributed by atoms with Crippen LogP contribution in [-0.4, -0.2) is 43.8 Å². The number of ether oxygens (including phenoxy) is 1. The highest BCUT2D eigenvalue weighted by molar-refractivity contribution is 4.54. The molecule has 1 atom stereocenters. The van der Waals surface area contributed by atoms with E-state index in [1.165, 1.54) is 0 Å². The highest BCUT2D eigenvalue weighted by Gasteiger charge is 2.03. The van der Waals surface area contributed by atoms with E-state index in [-0.39, 0.29) is 0 Å². The van der Waals surface area contributed by atoms with Crippen LogP contribution in [0.15, 0.2) is 0 Å². The van der Waals surface area contributed by atoms with E-state index in [4.69, 9.17) is 10.5 Å². The molecule has 0 spiro atoms. The average molecular weight is 202 g/mol. The van der Waals surface area contributed by atoms with Crippen molar-refractivity contribution in [3.8, 4) is 0 Å². The Balaban J connectivity index is 3.33. The van der Waals surface area contributed by atoms with E-state index in [1.54, 1.807) is 0 Å². The van der Waals surface area contributed by atoms with Gasteiger partial charge in [-0.2, -0.15) is 0 Å². The summed E-state index contributed by atoms with van der Waals surface area (Å²) in [5, 5.41) is 0. The second-order valence-electron chi connectivity index (χ2n) is 3.64. The summed E-state index contributed by atoms with van der Waals surface area (Å²) in [6, 6.07) is 0. The zero-order valence-corrected chi connectivity index (χ0v) is 9.96. The molecular formula is C11H26N2O. The molecule has 0 bridgehead atoms. The molecule has 0 fully saturated rings. The molecule has 0 aliphatic heterocycles. The van der Waals surface area contributed by atoms with Crippen LogP contribution in [0.3, 0.4) is 0 Å².